The molecule has 2 aliphatic carbocycles. The van der Waals surface area contributed by atoms with Crippen LogP contribution in [-0.4, -0.2) is 27.3 Å². The molecule has 0 saturated heterocycles. The highest BCUT2D eigenvalue weighted by atomic mass is 32.1. The SMILES string of the molecule is Cc1cc(-c2nc(-c3ccc4c(c3)CC[C@@H]4N[C@H]3C[C@H](C(=O)O)C3)no2)ccc1-c1ccsc1. The van der Waals surface area contributed by atoms with Gasteiger partial charge in [0, 0.05) is 23.2 Å². The molecule has 0 amide bonds. The summed E-state index contributed by atoms with van der Waals surface area (Å²) in [5.41, 5.74) is 8.08. The van der Waals surface area contributed by atoms with E-state index in [1.165, 1.54) is 27.8 Å². The molecular weight excluding hydrogens is 446 g/mol. The topological polar surface area (TPSA) is 88.2 Å². The summed E-state index contributed by atoms with van der Waals surface area (Å²) in [6.07, 6.45) is 3.46. The van der Waals surface area contributed by atoms with Crippen molar-refractivity contribution in [2.75, 3.05) is 0 Å². The third kappa shape index (κ3) is 3.85. The normalized spacial score (nSPS) is 21.3. The van der Waals surface area contributed by atoms with Crippen molar-refractivity contribution in [2.24, 2.45) is 5.92 Å². The van der Waals surface area contributed by atoms with E-state index in [4.69, 9.17) is 9.63 Å². The molecule has 0 bridgehead atoms. The van der Waals surface area contributed by atoms with Gasteiger partial charge < -0.3 is 14.9 Å². The van der Waals surface area contributed by atoms with Crippen LogP contribution in [0.2, 0.25) is 0 Å². The van der Waals surface area contributed by atoms with Gasteiger partial charge in [0.05, 0.1) is 5.92 Å². The van der Waals surface area contributed by atoms with Crippen molar-refractivity contribution in [3.05, 3.63) is 69.9 Å². The zero-order valence-corrected chi connectivity index (χ0v) is 19.6. The van der Waals surface area contributed by atoms with E-state index in [1.807, 2.05) is 6.07 Å². The molecule has 2 aliphatic rings. The first-order valence-corrected chi connectivity index (χ1v) is 12.6. The first-order valence-electron chi connectivity index (χ1n) is 11.6. The number of hydrogen-bond donors (Lipinski definition) is 2. The van der Waals surface area contributed by atoms with Crippen molar-refractivity contribution in [1.29, 1.82) is 0 Å². The zero-order chi connectivity index (χ0) is 23.2. The van der Waals surface area contributed by atoms with Crippen LogP contribution < -0.4 is 5.32 Å². The number of carboxylic acid groups (broad SMARTS) is 1. The minimum atomic E-state index is -0.678. The number of rotatable bonds is 6. The molecule has 0 radical (unpaired) electrons. The van der Waals surface area contributed by atoms with Gasteiger partial charge in [-0.15, -0.1) is 0 Å². The average molecular weight is 472 g/mol. The van der Waals surface area contributed by atoms with Crippen LogP contribution in [0.25, 0.3) is 34.0 Å². The summed E-state index contributed by atoms with van der Waals surface area (Å²) < 4.78 is 5.62. The number of aliphatic carboxylic acids is 1. The summed E-state index contributed by atoms with van der Waals surface area (Å²) in [7, 11) is 0. The third-order valence-corrected chi connectivity index (χ3v) is 7.82. The molecule has 1 saturated carbocycles. The Kier molecular flexibility index (Phi) is 5.31. The van der Waals surface area contributed by atoms with E-state index in [1.54, 1.807) is 11.3 Å². The number of fused-ring (bicyclic) bond motifs is 1. The summed E-state index contributed by atoms with van der Waals surface area (Å²) in [6.45, 7) is 2.10. The van der Waals surface area contributed by atoms with Crippen LogP contribution in [0.3, 0.4) is 0 Å². The molecular formula is C27H25N3O3S. The molecule has 1 atom stereocenters. The Labute approximate surface area is 201 Å². The van der Waals surface area contributed by atoms with E-state index in [0.717, 1.165) is 36.8 Å². The van der Waals surface area contributed by atoms with Crippen molar-refractivity contribution < 1.29 is 14.4 Å². The van der Waals surface area contributed by atoms with E-state index < -0.39 is 5.97 Å². The van der Waals surface area contributed by atoms with Gasteiger partial charge in [-0.25, -0.2) is 0 Å². The molecule has 0 aliphatic heterocycles. The summed E-state index contributed by atoms with van der Waals surface area (Å²) in [5.74, 6) is 0.247. The van der Waals surface area contributed by atoms with Gasteiger partial charge in [-0.2, -0.15) is 16.3 Å². The molecule has 7 heteroatoms. The number of nitrogens with one attached hydrogen (secondary N) is 1. The molecule has 2 N–H and O–H groups in total. The van der Waals surface area contributed by atoms with Crippen molar-refractivity contribution in [1.82, 2.24) is 15.5 Å². The molecule has 0 unspecified atom stereocenters. The first-order chi connectivity index (χ1) is 16.5. The maximum Gasteiger partial charge on any atom is 0.306 e. The Morgan fingerprint density at radius 1 is 1.12 bits per heavy atom. The van der Waals surface area contributed by atoms with E-state index in [2.05, 4.69) is 69.5 Å². The Balaban J connectivity index is 1.18. The Bertz CT molecular complexity index is 1360. The standard InChI is InChI=1S/C27H25N3O3S/c1-15-10-18(3-5-22(15)19-8-9-34-14-19)26-29-25(30-33-26)17-2-6-23-16(11-17)4-7-24(23)28-21-12-20(13-21)27(31)32/h2-3,5-6,8-11,14,20-21,24,28H,4,7,12-13H2,1H3,(H,31,32)/t20-,21-,24-/m0/s1. The molecule has 34 heavy (non-hydrogen) atoms. The van der Waals surface area contributed by atoms with Crippen LogP contribution in [0.4, 0.5) is 0 Å². The highest BCUT2D eigenvalue weighted by Gasteiger charge is 2.36. The fourth-order valence-electron chi connectivity index (χ4n) is 5.17. The van der Waals surface area contributed by atoms with Crippen LogP contribution in [0, 0.1) is 12.8 Å². The Morgan fingerprint density at radius 3 is 2.74 bits per heavy atom. The van der Waals surface area contributed by atoms with Crippen molar-refractivity contribution in [2.45, 2.75) is 44.7 Å². The van der Waals surface area contributed by atoms with Crippen LogP contribution >= 0.6 is 11.3 Å². The van der Waals surface area contributed by atoms with Gasteiger partial charge >= 0.3 is 5.97 Å². The van der Waals surface area contributed by atoms with Crippen molar-refractivity contribution in [3.8, 4) is 34.0 Å². The number of aryl methyl sites for hydroxylation is 2. The fraction of sp³-hybridized carbons (Fsp3) is 0.296. The van der Waals surface area contributed by atoms with Crippen LogP contribution in [0.15, 0.2) is 57.7 Å². The summed E-state index contributed by atoms with van der Waals surface area (Å²) in [6, 6.07) is 15.3. The van der Waals surface area contributed by atoms with Gasteiger partial charge in [0.15, 0.2) is 0 Å². The minimum Gasteiger partial charge on any atom is -0.481 e. The Hall–Kier alpha value is -3.29. The first kappa shape index (κ1) is 21.3. The van der Waals surface area contributed by atoms with Crippen LogP contribution in [0.1, 0.15) is 42.0 Å². The lowest BCUT2D eigenvalue weighted by Gasteiger charge is -2.35. The average Bonchev–Trinajstić information content (AvgIpc) is 3.56. The van der Waals surface area contributed by atoms with E-state index in [0.29, 0.717) is 17.8 Å². The van der Waals surface area contributed by atoms with Crippen LogP contribution in [0.5, 0.6) is 0 Å². The number of carboxylic acids is 1. The van der Waals surface area contributed by atoms with Gasteiger partial charge in [-0.1, -0.05) is 23.4 Å². The molecule has 0 spiro atoms. The quantitative estimate of drug-likeness (QED) is 0.365. The maximum absolute atomic E-state index is 11.1. The molecule has 4 aromatic rings. The van der Waals surface area contributed by atoms with Crippen molar-refractivity contribution >= 4 is 17.3 Å². The molecule has 6 nitrogen and oxygen atoms in total. The van der Waals surface area contributed by atoms with Crippen molar-refractivity contribution in [3.63, 3.8) is 0 Å². The lowest BCUT2D eigenvalue weighted by atomic mass is 9.80. The molecule has 2 aromatic carbocycles. The van der Waals surface area contributed by atoms with Gasteiger partial charge in [0.25, 0.3) is 5.89 Å². The predicted octanol–water partition coefficient (Wildman–Crippen LogP) is 5.88. The second-order valence-corrected chi connectivity index (χ2v) is 10.1. The summed E-state index contributed by atoms with van der Waals surface area (Å²) >= 11 is 1.69. The molecule has 172 valence electrons. The lowest BCUT2D eigenvalue weighted by Crippen LogP contribution is -2.45. The molecule has 6 rings (SSSR count). The monoisotopic (exact) mass is 471 g/mol. The fourth-order valence-corrected chi connectivity index (χ4v) is 5.82. The van der Waals surface area contributed by atoms with Gasteiger partial charge in [-0.05, 0) is 95.4 Å². The summed E-state index contributed by atoms with van der Waals surface area (Å²) in [4.78, 5) is 15.7. The smallest absolute Gasteiger partial charge is 0.306 e. The van der Waals surface area contributed by atoms with E-state index in [-0.39, 0.29) is 12.0 Å². The number of nitrogens with zero attached hydrogens (tertiary/aromatic N) is 2. The van der Waals surface area contributed by atoms with E-state index >= 15 is 0 Å². The second kappa shape index (κ2) is 8.49. The van der Waals surface area contributed by atoms with Gasteiger partial charge in [0.1, 0.15) is 0 Å². The van der Waals surface area contributed by atoms with E-state index in [9.17, 15) is 4.79 Å². The highest BCUT2D eigenvalue weighted by molar-refractivity contribution is 7.08. The number of benzene rings is 2. The molecule has 1 fully saturated rings. The van der Waals surface area contributed by atoms with Gasteiger partial charge in [-0.3, -0.25) is 4.79 Å². The maximum atomic E-state index is 11.1. The minimum absolute atomic E-state index is 0.191. The van der Waals surface area contributed by atoms with Gasteiger partial charge in [0.2, 0.25) is 5.82 Å². The third-order valence-electron chi connectivity index (χ3n) is 7.13. The zero-order valence-electron chi connectivity index (χ0n) is 18.8. The molecule has 2 heterocycles. The second-order valence-electron chi connectivity index (χ2n) is 9.34. The number of aromatic nitrogens is 2. The number of carbonyl (C=O) groups is 1. The predicted molar refractivity (Wildman–Crippen MR) is 132 cm³/mol. The lowest BCUT2D eigenvalue weighted by molar-refractivity contribution is -0.145. The number of hydrogen-bond acceptors (Lipinski definition) is 6. The number of thiophene rings is 1. The highest BCUT2D eigenvalue weighted by Crippen LogP contribution is 2.37. The van der Waals surface area contributed by atoms with Crippen LogP contribution in [-0.2, 0) is 11.2 Å². The summed E-state index contributed by atoms with van der Waals surface area (Å²) in [5, 5.41) is 21.2. The molecule has 2 aromatic heterocycles. The Morgan fingerprint density at radius 2 is 1.97 bits per heavy atom. The largest absolute Gasteiger partial charge is 0.481 e.